The topological polar surface area (TPSA) is 59.2 Å². The lowest BCUT2D eigenvalue weighted by molar-refractivity contribution is -0.121. The molecule has 17 heavy (non-hydrogen) atoms. The summed E-state index contributed by atoms with van der Waals surface area (Å²) in [6.07, 6.45) is 4.54. The molecule has 2 aromatic heterocycles. The van der Waals surface area contributed by atoms with E-state index in [1.807, 2.05) is 12.3 Å². The molecule has 88 valence electrons. The maximum absolute atomic E-state index is 11.2. The summed E-state index contributed by atoms with van der Waals surface area (Å²) < 4.78 is 1.19. The van der Waals surface area contributed by atoms with E-state index in [1.165, 1.54) is 15.8 Å². The summed E-state index contributed by atoms with van der Waals surface area (Å²) >= 11 is 1.69. The van der Waals surface area contributed by atoms with Crippen molar-refractivity contribution in [3.05, 3.63) is 23.8 Å². The number of nitrogens with two attached hydrogens (primary N) is 1. The van der Waals surface area contributed by atoms with Crippen LogP contribution in [0.15, 0.2) is 23.8 Å². The molecule has 4 nitrogen and oxygen atoms in total. The van der Waals surface area contributed by atoms with Crippen LogP contribution in [-0.4, -0.2) is 24.0 Å². The van der Waals surface area contributed by atoms with Crippen LogP contribution in [0.5, 0.6) is 0 Å². The van der Waals surface area contributed by atoms with Crippen molar-refractivity contribution in [2.75, 3.05) is 18.0 Å². The van der Waals surface area contributed by atoms with Crippen LogP contribution in [0.25, 0.3) is 10.1 Å². The Kier molecular flexibility index (Phi) is 2.48. The Balaban J connectivity index is 1.93. The van der Waals surface area contributed by atoms with E-state index in [4.69, 9.17) is 5.73 Å². The molecule has 0 radical (unpaired) electrons. The fourth-order valence-corrected chi connectivity index (χ4v) is 3.26. The minimum absolute atomic E-state index is 0.00760. The first kappa shape index (κ1) is 10.5. The third kappa shape index (κ3) is 1.76. The van der Waals surface area contributed by atoms with Gasteiger partial charge in [0.2, 0.25) is 5.91 Å². The van der Waals surface area contributed by atoms with Gasteiger partial charge in [0.25, 0.3) is 0 Å². The number of hydrogen-bond acceptors (Lipinski definition) is 4. The number of carbonyl (C=O) groups is 1. The van der Waals surface area contributed by atoms with Gasteiger partial charge in [-0.15, -0.1) is 11.3 Å². The zero-order valence-electron chi connectivity index (χ0n) is 9.30. The maximum Gasteiger partial charge on any atom is 0.222 e. The monoisotopic (exact) mass is 247 g/mol. The van der Waals surface area contributed by atoms with Gasteiger partial charge in [0, 0.05) is 36.2 Å². The minimum atomic E-state index is -0.186. The Labute approximate surface area is 103 Å². The SMILES string of the molecule is NC(=O)C1CCN(c2csc3cnccc23)C1. The number of rotatable bonds is 2. The lowest BCUT2D eigenvalue weighted by Crippen LogP contribution is -2.27. The molecule has 1 aliphatic rings. The molecule has 1 aliphatic heterocycles. The van der Waals surface area contributed by atoms with Gasteiger partial charge in [-0.05, 0) is 12.5 Å². The second-order valence-corrected chi connectivity index (χ2v) is 5.24. The molecule has 0 saturated carbocycles. The highest BCUT2D eigenvalue weighted by Gasteiger charge is 2.27. The van der Waals surface area contributed by atoms with Gasteiger partial charge in [-0.2, -0.15) is 0 Å². The number of anilines is 1. The first-order chi connectivity index (χ1) is 8.25. The number of carbonyl (C=O) groups excluding carboxylic acids is 1. The number of primary amides is 1. The maximum atomic E-state index is 11.2. The molecule has 1 amide bonds. The van der Waals surface area contributed by atoms with E-state index >= 15 is 0 Å². The fraction of sp³-hybridized carbons (Fsp3) is 0.333. The Morgan fingerprint density at radius 1 is 1.59 bits per heavy atom. The first-order valence-corrected chi connectivity index (χ1v) is 6.49. The van der Waals surface area contributed by atoms with Gasteiger partial charge in [0.15, 0.2) is 0 Å². The van der Waals surface area contributed by atoms with Crippen LogP contribution >= 0.6 is 11.3 Å². The van der Waals surface area contributed by atoms with Crippen molar-refractivity contribution in [2.24, 2.45) is 11.7 Å². The Morgan fingerprint density at radius 3 is 3.24 bits per heavy atom. The second-order valence-electron chi connectivity index (χ2n) is 4.33. The predicted octanol–water partition coefficient (Wildman–Crippen LogP) is 1.61. The van der Waals surface area contributed by atoms with Crippen LogP contribution in [0, 0.1) is 5.92 Å². The number of thiophene rings is 1. The van der Waals surface area contributed by atoms with E-state index in [1.54, 1.807) is 17.5 Å². The van der Waals surface area contributed by atoms with E-state index in [0.29, 0.717) is 0 Å². The molecule has 3 heterocycles. The van der Waals surface area contributed by atoms with Gasteiger partial charge < -0.3 is 10.6 Å². The number of fused-ring (bicyclic) bond motifs is 1. The van der Waals surface area contributed by atoms with Gasteiger partial charge in [-0.3, -0.25) is 9.78 Å². The van der Waals surface area contributed by atoms with E-state index < -0.39 is 0 Å². The number of aromatic nitrogens is 1. The largest absolute Gasteiger partial charge is 0.370 e. The first-order valence-electron chi connectivity index (χ1n) is 5.61. The molecule has 0 spiro atoms. The van der Waals surface area contributed by atoms with Crippen molar-refractivity contribution in [1.29, 1.82) is 0 Å². The Bertz CT molecular complexity index is 566. The van der Waals surface area contributed by atoms with Crippen molar-refractivity contribution in [3.63, 3.8) is 0 Å². The normalized spacial score (nSPS) is 20.0. The average Bonchev–Trinajstić information content (AvgIpc) is 2.95. The molecule has 0 aliphatic carbocycles. The number of pyridine rings is 1. The number of amides is 1. The molecule has 1 atom stereocenters. The summed E-state index contributed by atoms with van der Waals surface area (Å²) in [6.45, 7) is 1.64. The molecule has 5 heteroatoms. The molecule has 2 aromatic rings. The van der Waals surface area contributed by atoms with Crippen LogP contribution in [0.2, 0.25) is 0 Å². The van der Waals surface area contributed by atoms with E-state index in [-0.39, 0.29) is 11.8 Å². The zero-order valence-corrected chi connectivity index (χ0v) is 10.1. The highest BCUT2D eigenvalue weighted by molar-refractivity contribution is 7.17. The van der Waals surface area contributed by atoms with Gasteiger partial charge in [0.05, 0.1) is 16.3 Å². The smallest absolute Gasteiger partial charge is 0.222 e. The summed E-state index contributed by atoms with van der Waals surface area (Å²) in [7, 11) is 0. The molecule has 1 saturated heterocycles. The number of hydrogen-bond donors (Lipinski definition) is 1. The quantitative estimate of drug-likeness (QED) is 0.877. The van der Waals surface area contributed by atoms with Crippen molar-refractivity contribution < 1.29 is 4.79 Å². The molecular formula is C12H13N3OS. The van der Waals surface area contributed by atoms with Gasteiger partial charge in [0.1, 0.15) is 0 Å². The fourth-order valence-electron chi connectivity index (χ4n) is 2.32. The zero-order chi connectivity index (χ0) is 11.8. The van der Waals surface area contributed by atoms with Gasteiger partial charge in [-0.1, -0.05) is 0 Å². The third-order valence-corrected chi connectivity index (χ3v) is 4.21. The van der Waals surface area contributed by atoms with Crippen molar-refractivity contribution >= 4 is 33.0 Å². The van der Waals surface area contributed by atoms with Gasteiger partial charge in [-0.25, -0.2) is 0 Å². The van der Waals surface area contributed by atoms with E-state index in [2.05, 4.69) is 15.3 Å². The standard InChI is InChI=1S/C12H13N3OS/c13-12(16)8-2-4-15(6-8)10-7-17-11-5-14-3-1-9(10)11/h1,3,5,7-8H,2,4,6H2,(H2,13,16). The molecule has 0 aromatic carbocycles. The molecule has 2 N–H and O–H groups in total. The lowest BCUT2D eigenvalue weighted by atomic mass is 10.1. The second kappa shape index (κ2) is 4.00. The molecular weight excluding hydrogens is 234 g/mol. The highest BCUT2D eigenvalue weighted by atomic mass is 32.1. The summed E-state index contributed by atoms with van der Waals surface area (Å²) in [6, 6.07) is 2.03. The van der Waals surface area contributed by atoms with Gasteiger partial charge >= 0.3 is 0 Å². The average molecular weight is 247 g/mol. The van der Waals surface area contributed by atoms with Crippen LogP contribution in [-0.2, 0) is 4.79 Å². The van der Waals surface area contributed by atoms with E-state index in [0.717, 1.165) is 19.5 Å². The van der Waals surface area contributed by atoms with Crippen LogP contribution < -0.4 is 10.6 Å². The molecule has 0 bridgehead atoms. The Hall–Kier alpha value is -1.62. The Morgan fingerprint density at radius 2 is 2.47 bits per heavy atom. The summed E-state index contributed by atoms with van der Waals surface area (Å²) in [5.74, 6) is -0.194. The summed E-state index contributed by atoms with van der Waals surface area (Å²) in [5.41, 5.74) is 6.56. The van der Waals surface area contributed by atoms with Crippen LogP contribution in [0.4, 0.5) is 5.69 Å². The summed E-state index contributed by atoms with van der Waals surface area (Å²) in [5, 5.41) is 3.35. The predicted molar refractivity (Wildman–Crippen MR) is 69.1 cm³/mol. The molecule has 3 rings (SSSR count). The molecule has 1 fully saturated rings. The van der Waals surface area contributed by atoms with Crippen molar-refractivity contribution in [3.8, 4) is 0 Å². The third-order valence-electron chi connectivity index (χ3n) is 3.29. The minimum Gasteiger partial charge on any atom is -0.370 e. The van der Waals surface area contributed by atoms with Crippen LogP contribution in [0.1, 0.15) is 6.42 Å². The summed E-state index contributed by atoms with van der Waals surface area (Å²) in [4.78, 5) is 17.5. The lowest BCUT2D eigenvalue weighted by Gasteiger charge is -2.16. The van der Waals surface area contributed by atoms with Crippen molar-refractivity contribution in [2.45, 2.75) is 6.42 Å². The van der Waals surface area contributed by atoms with E-state index in [9.17, 15) is 4.79 Å². The van der Waals surface area contributed by atoms with Crippen LogP contribution in [0.3, 0.4) is 0 Å². The number of nitrogens with zero attached hydrogens (tertiary/aromatic N) is 2. The highest BCUT2D eigenvalue weighted by Crippen LogP contribution is 2.34. The van der Waals surface area contributed by atoms with Crippen molar-refractivity contribution in [1.82, 2.24) is 4.98 Å². The molecule has 1 unspecified atom stereocenters.